The molecule has 13 aromatic carbocycles. The van der Waals surface area contributed by atoms with Gasteiger partial charge in [-0.2, -0.15) is 4.98 Å². The first-order chi connectivity index (χ1) is 43.6. The lowest BCUT2D eigenvalue weighted by Crippen LogP contribution is -2.08. The molecule has 0 saturated heterocycles. The smallest absolute Gasteiger partial charge is 0.237 e. The Morgan fingerprint density at radius 2 is 0.705 bits per heavy atom. The number of aromatic nitrogens is 6. The molecule has 0 saturated carbocycles. The summed E-state index contributed by atoms with van der Waals surface area (Å²) in [6.07, 6.45) is 0. The highest BCUT2D eigenvalue weighted by molar-refractivity contribution is 7.27. The first-order valence-electron chi connectivity index (χ1n) is 29.9. The van der Waals surface area contributed by atoms with E-state index in [4.69, 9.17) is 9.97 Å². The normalized spacial score (nSPS) is 12.3. The van der Waals surface area contributed by atoms with Crippen LogP contribution in [0.3, 0.4) is 0 Å². The van der Waals surface area contributed by atoms with Crippen LogP contribution in [0.15, 0.2) is 279 Å². The minimum Gasteiger partial charge on any atom is -0.309 e. The number of rotatable bonds is 6. The van der Waals surface area contributed by atoms with E-state index >= 15 is 0 Å². The Morgan fingerprint density at radius 3 is 1.41 bits per heavy atom. The Balaban J connectivity index is 0.836. The van der Waals surface area contributed by atoms with Crippen molar-refractivity contribution in [2.45, 2.75) is 0 Å². The third-order valence-electron chi connectivity index (χ3n) is 18.6. The van der Waals surface area contributed by atoms with Crippen molar-refractivity contribution < 1.29 is 0 Å². The Labute approximate surface area is 510 Å². The molecule has 0 N–H and O–H groups in total. The van der Waals surface area contributed by atoms with Gasteiger partial charge in [-0.25, -0.2) is 4.98 Å². The van der Waals surface area contributed by atoms with Gasteiger partial charge in [0.1, 0.15) is 0 Å². The van der Waals surface area contributed by atoms with Crippen LogP contribution in [0.2, 0.25) is 0 Å². The Bertz CT molecular complexity index is 6390. The minimum absolute atomic E-state index is 0.603. The summed E-state index contributed by atoms with van der Waals surface area (Å²) in [6.45, 7) is 0. The van der Waals surface area contributed by atoms with Crippen LogP contribution in [0.25, 0.3) is 184 Å². The maximum Gasteiger partial charge on any atom is 0.237 e. The molecular weight excluding hydrogens is 1110 g/mol. The van der Waals surface area contributed by atoms with Gasteiger partial charge in [0.15, 0.2) is 5.82 Å². The van der Waals surface area contributed by atoms with Crippen molar-refractivity contribution >= 4 is 161 Å². The predicted octanol–water partition coefficient (Wildman–Crippen LogP) is 22.1. The molecule has 0 atom stereocenters. The van der Waals surface area contributed by atoms with E-state index < -0.39 is 0 Å². The van der Waals surface area contributed by atoms with E-state index in [0.29, 0.717) is 5.95 Å². The lowest BCUT2D eigenvalue weighted by molar-refractivity contribution is 0.972. The zero-order chi connectivity index (χ0) is 57.3. The summed E-state index contributed by atoms with van der Waals surface area (Å²) >= 11 is 3.73. The van der Waals surface area contributed by atoms with Crippen LogP contribution in [-0.2, 0) is 0 Å². The van der Waals surface area contributed by atoms with E-state index in [1.807, 2.05) is 22.7 Å². The molecule has 6 nitrogen and oxygen atoms in total. The third-order valence-corrected chi connectivity index (χ3v) is 20.9. The average Bonchev–Trinajstić information content (AvgIpc) is 1.86. The van der Waals surface area contributed by atoms with Crippen LogP contribution in [0.5, 0.6) is 0 Å². The van der Waals surface area contributed by atoms with Crippen LogP contribution in [-0.4, -0.2) is 28.2 Å². The summed E-state index contributed by atoms with van der Waals surface area (Å²) in [4.78, 5) is 11.7. The van der Waals surface area contributed by atoms with Gasteiger partial charge in [0.2, 0.25) is 5.95 Å². The summed E-state index contributed by atoms with van der Waals surface area (Å²) in [7, 11) is 0. The quantitative estimate of drug-likeness (QED) is 0.167. The largest absolute Gasteiger partial charge is 0.309 e. The van der Waals surface area contributed by atoms with Crippen LogP contribution < -0.4 is 0 Å². The Kier molecular flexibility index (Phi) is 9.94. The van der Waals surface area contributed by atoms with Gasteiger partial charge in [-0.05, 0) is 125 Å². The highest BCUT2D eigenvalue weighted by Crippen LogP contribution is 2.46. The highest BCUT2D eigenvalue weighted by atomic mass is 32.1. The van der Waals surface area contributed by atoms with E-state index in [1.54, 1.807) is 0 Å². The van der Waals surface area contributed by atoms with Crippen LogP contribution >= 0.6 is 22.7 Å². The van der Waals surface area contributed by atoms with Gasteiger partial charge in [-0.15, -0.1) is 22.7 Å². The van der Waals surface area contributed by atoms with Crippen molar-refractivity contribution in [2.75, 3.05) is 0 Å². The van der Waals surface area contributed by atoms with Crippen LogP contribution in [0.4, 0.5) is 0 Å². The summed E-state index contributed by atoms with van der Waals surface area (Å²) < 4.78 is 14.7. The number of hydrogen-bond acceptors (Lipinski definition) is 4. The monoisotopic (exact) mass is 1150 g/mol. The standard InChI is InChI=1S/C80H46N6S2/c1-2-16-51(17-3-1)83-67-25-11-6-20-55(67)63-42-47(33-40-70(63)83)48-30-36-57-54-19-5-12-26-68(54)86(73(57)44-48)80-81-65-39-34-52(46-64(65)79(82-80)85-69-27-13-7-23-62(69)77-71(85)41-38-61-59-22-9-15-29-75(59)88-78(61)77)84-66-24-10-4-18-53(66)56-35-31-49(43-72(56)84)50-32-37-60-58-21-8-14-28-74(58)87-76(60)45-50/h1-46H. The molecule has 88 heavy (non-hydrogen) atoms. The molecule has 8 heteroatoms. The molecule has 20 rings (SSSR count). The lowest BCUT2D eigenvalue weighted by atomic mass is 10.0. The minimum atomic E-state index is 0.603. The second-order valence-corrected chi connectivity index (χ2v) is 25.4. The van der Waals surface area contributed by atoms with E-state index in [9.17, 15) is 0 Å². The predicted molar refractivity (Wildman–Crippen MR) is 374 cm³/mol. The fraction of sp³-hybridized carbons (Fsp3) is 0. The van der Waals surface area contributed by atoms with Crippen LogP contribution in [0.1, 0.15) is 0 Å². The SMILES string of the molecule is c1ccc(-n2c3ccccc3c3cc(-c4ccc5c6ccccc6n(-c6nc(-n7c8ccccc8c8c9sc%10ccccc%10c9ccc87)c7cc(-n8c9ccccc9c9ccc(-c%10ccc%11c(c%10)sc%10ccccc%10%11)cc98)ccc7n6)c5c4)ccc32)cc1. The molecule has 408 valence electrons. The molecule has 0 fully saturated rings. The summed E-state index contributed by atoms with van der Waals surface area (Å²) in [5.41, 5.74) is 16.6. The molecule has 0 aliphatic rings. The first-order valence-corrected chi connectivity index (χ1v) is 31.5. The van der Waals surface area contributed by atoms with E-state index in [2.05, 4.69) is 297 Å². The fourth-order valence-corrected chi connectivity index (χ4v) is 17.1. The van der Waals surface area contributed by atoms with Crippen molar-refractivity contribution in [3.8, 4) is 45.4 Å². The lowest BCUT2D eigenvalue weighted by Gasteiger charge is -2.16. The number of para-hydroxylation sites is 5. The molecule has 0 unspecified atom stereocenters. The van der Waals surface area contributed by atoms with Gasteiger partial charge >= 0.3 is 0 Å². The van der Waals surface area contributed by atoms with Gasteiger partial charge in [0.05, 0.1) is 49.7 Å². The average molecular weight is 1160 g/mol. The number of hydrogen-bond donors (Lipinski definition) is 0. The van der Waals surface area contributed by atoms with Gasteiger partial charge in [0, 0.05) is 100 Å². The molecule has 0 aliphatic heterocycles. The topological polar surface area (TPSA) is 45.5 Å². The van der Waals surface area contributed by atoms with Gasteiger partial charge in [0.25, 0.3) is 0 Å². The summed E-state index contributed by atoms with van der Waals surface area (Å²) in [5.74, 6) is 1.42. The van der Waals surface area contributed by atoms with Crippen molar-refractivity contribution in [1.29, 1.82) is 0 Å². The summed E-state index contributed by atoms with van der Waals surface area (Å²) in [6, 6.07) is 103. The molecule has 0 bridgehead atoms. The third kappa shape index (κ3) is 6.81. The van der Waals surface area contributed by atoms with Crippen molar-refractivity contribution in [3.63, 3.8) is 0 Å². The first kappa shape index (κ1) is 48.1. The van der Waals surface area contributed by atoms with Gasteiger partial charge in [-0.1, -0.05) is 176 Å². The van der Waals surface area contributed by atoms with Crippen molar-refractivity contribution in [1.82, 2.24) is 28.2 Å². The molecule has 0 spiro atoms. The van der Waals surface area contributed by atoms with Crippen molar-refractivity contribution in [2.24, 2.45) is 0 Å². The maximum atomic E-state index is 5.97. The van der Waals surface area contributed by atoms with E-state index in [-0.39, 0.29) is 0 Å². The second-order valence-electron chi connectivity index (χ2n) is 23.2. The Morgan fingerprint density at radius 1 is 0.239 bits per heavy atom. The van der Waals surface area contributed by atoms with Crippen molar-refractivity contribution in [3.05, 3.63) is 279 Å². The second kappa shape index (κ2) is 18.2. The molecule has 0 radical (unpaired) electrons. The van der Waals surface area contributed by atoms with E-state index in [1.165, 1.54) is 94.8 Å². The highest BCUT2D eigenvalue weighted by Gasteiger charge is 2.25. The molecule has 0 aliphatic carbocycles. The summed E-state index contributed by atoms with van der Waals surface area (Å²) in [5, 5.41) is 15.6. The zero-order valence-corrected chi connectivity index (χ0v) is 48.7. The number of benzene rings is 13. The fourth-order valence-electron chi connectivity index (χ4n) is 14.7. The molecule has 0 amide bonds. The molecule has 20 aromatic rings. The number of nitrogens with zero attached hydrogens (tertiary/aromatic N) is 6. The van der Waals surface area contributed by atoms with Gasteiger partial charge < -0.3 is 9.13 Å². The molecule has 7 heterocycles. The zero-order valence-electron chi connectivity index (χ0n) is 47.1. The van der Waals surface area contributed by atoms with E-state index in [0.717, 1.165) is 83.1 Å². The number of fused-ring (bicyclic) bond motifs is 20. The molecular formula is C80H46N6S2. The number of thiophene rings is 2. The van der Waals surface area contributed by atoms with Gasteiger partial charge in [-0.3, -0.25) is 9.13 Å². The van der Waals surface area contributed by atoms with Crippen LogP contribution in [0, 0.1) is 0 Å². The molecule has 7 aromatic heterocycles. The Hall–Kier alpha value is -11.2. The maximum absolute atomic E-state index is 5.97.